The third-order valence-corrected chi connectivity index (χ3v) is 4.86. The summed E-state index contributed by atoms with van der Waals surface area (Å²) in [5.41, 5.74) is 3.19. The van der Waals surface area contributed by atoms with Gasteiger partial charge in [-0.3, -0.25) is 4.79 Å². The average Bonchev–Trinajstić information content (AvgIpc) is 2.97. The number of aromatic amines is 1. The molecule has 0 saturated carbocycles. The van der Waals surface area contributed by atoms with Crippen molar-refractivity contribution in [1.29, 1.82) is 0 Å². The average molecular weight is 355 g/mol. The first-order valence-corrected chi connectivity index (χ1v) is 8.30. The van der Waals surface area contributed by atoms with Crippen molar-refractivity contribution in [2.45, 2.75) is 19.0 Å². The third-order valence-electron chi connectivity index (χ3n) is 4.62. The van der Waals surface area contributed by atoms with E-state index in [1.807, 2.05) is 24.3 Å². The van der Waals surface area contributed by atoms with Crippen molar-refractivity contribution < 1.29 is 14.7 Å². The zero-order chi connectivity index (χ0) is 17.6. The van der Waals surface area contributed by atoms with Crippen molar-refractivity contribution in [2.75, 3.05) is 0 Å². The lowest BCUT2D eigenvalue weighted by Gasteiger charge is -2.33. The number of fused-ring (bicyclic) bond motifs is 3. The van der Waals surface area contributed by atoms with Gasteiger partial charge < -0.3 is 15.0 Å². The normalized spacial score (nSPS) is 16.7. The number of para-hydroxylation sites is 1. The number of carbonyl (C=O) groups excluding carboxylic acids is 1. The Bertz CT molecular complexity index is 995. The Morgan fingerprint density at radius 2 is 1.96 bits per heavy atom. The molecule has 2 heterocycles. The molecular formula is C19H15ClN2O3. The molecule has 1 unspecified atom stereocenters. The van der Waals surface area contributed by atoms with Gasteiger partial charge in [0, 0.05) is 33.6 Å². The Morgan fingerprint density at radius 1 is 1.16 bits per heavy atom. The Balaban J connectivity index is 1.77. The Kier molecular flexibility index (Phi) is 3.73. The van der Waals surface area contributed by atoms with Crippen LogP contribution in [0.25, 0.3) is 10.9 Å². The van der Waals surface area contributed by atoms with Gasteiger partial charge in [0.15, 0.2) is 0 Å². The number of hydrogen-bond donors (Lipinski definition) is 2. The van der Waals surface area contributed by atoms with Gasteiger partial charge in [-0.1, -0.05) is 35.9 Å². The SMILES string of the molecule is O=C(O)C1Cc2c([nH]c3ccccc23)CN1C(=O)c1cccc(Cl)c1. The van der Waals surface area contributed by atoms with Crippen molar-refractivity contribution in [3.05, 3.63) is 70.4 Å². The molecule has 2 aromatic carbocycles. The lowest BCUT2D eigenvalue weighted by atomic mass is 9.96. The van der Waals surface area contributed by atoms with Crippen LogP contribution in [0.3, 0.4) is 0 Å². The standard InChI is InChI=1S/C19H15ClN2O3/c20-12-5-3-4-11(8-12)18(23)22-10-16-14(9-17(22)19(24)25)13-6-1-2-7-15(13)21-16/h1-8,17,21H,9-10H2,(H,24,25). The van der Waals surface area contributed by atoms with Gasteiger partial charge in [0.2, 0.25) is 0 Å². The van der Waals surface area contributed by atoms with Gasteiger partial charge in [-0.25, -0.2) is 4.79 Å². The minimum atomic E-state index is -1.01. The van der Waals surface area contributed by atoms with E-state index in [4.69, 9.17) is 11.6 Å². The van der Waals surface area contributed by atoms with Crippen LogP contribution in [-0.2, 0) is 17.8 Å². The van der Waals surface area contributed by atoms with Gasteiger partial charge in [0.1, 0.15) is 6.04 Å². The summed E-state index contributed by atoms with van der Waals surface area (Å²) in [4.78, 5) is 29.4. The van der Waals surface area contributed by atoms with E-state index in [2.05, 4.69) is 4.98 Å². The third kappa shape index (κ3) is 2.66. The van der Waals surface area contributed by atoms with Crippen molar-refractivity contribution >= 4 is 34.4 Å². The Hall–Kier alpha value is -2.79. The number of nitrogens with zero attached hydrogens (tertiary/aromatic N) is 1. The minimum absolute atomic E-state index is 0.228. The predicted molar refractivity (Wildman–Crippen MR) is 94.8 cm³/mol. The number of benzene rings is 2. The highest BCUT2D eigenvalue weighted by molar-refractivity contribution is 6.31. The van der Waals surface area contributed by atoms with E-state index in [0.29, 0.717) is 10.6 Å². The number of rotatable bonds is 2. The van der Waals surface area contributed by atoms with Crippen LogP contribution in [0.4, 0.5) is 0 Å². The molecule has 5 nitrogen and oxygen atoms in total. The van der Waals surface area contributed by atoms with Crippen LogP contribution in [0, 0.1) is 0 Å². The molecule has 0 bridgehead atoms. The summed E-state index contributed by atoms with van der Waals surface area (Å²) in [6, 6.07) is 13.4. The summed E-state index contributed by atoms with van der Waals surface area (Å²) in [5, 5.41) is 11.1. The molecule has 6 heteroatoms. The quantitative estimate of drug-likeness (QED) is 0.740. The fourth-order valence-corrected chi connectivity index (χ4v) is 3.62. The summed E-state index contributed by atoms with van der Waals surface area (Å²) in [5.74, 6) is -1.34. The highest BCUT2D eigenvalue weighted by Gasteiger charge is 2.36. The maximum Gasteiger partial charge on any atom is 0.326 e. The first-order valence-electron chi connectivity index (χ1n) is 7.92. The molecule has 0 aliphatic carbocycles. The van der Waals surface area contributed by atoms with Crippen LogP contribution in [0.2, 0.25) is 5.02 Å². The summed E-state index contributed by atoms with van der Waals surface area (Å²) in [6.45, 7) is 0.228. The number of nitrogens with one attached hydrogen (secondary N) is 1. The van der Waals surface area contributed by atoms with Gasteiger partial charge in [0.05, 0.1) is 6.54 Å². The second-order valence-electron chi connectivity index (χ2n) is 6.13. The highest BCUT2D eigenvalue weighted by atomic mass is 35.5. The number of carboxylic acid groups (broad SMARTS) is 1. The van der Waals surface area contributed by atoms with Gasteiger partial charge in [-0.15, -0.1) is 0 Å². The molecule has 0 fully saturated rings. The number of carbonyl (C=O) groups is 2. The smallest absolute Gasteiger partial charge is 0.326 e. The fraction of sp³-hybridized carbons (Fsp3) is 0.158. The molecule has 1 atom stereocenters. The molecule has 2 N–H and O–H groups in total. The van der Waals surface area contributed by atoms with E-state index < -0.39 is 12.0 Å². The van der Waals surface area contributed by atoms with Gasteiger partial charge >= 0.3 is 5.97 Å². The van der Waals surface area contributed by atoms with Crippen molar-refractivity contribution in [1.82, 2.24) is 9.88 Å². The molecule has 0 saturated heterocycles. The van der Waals surface area contributed by atoms with E-state index in [1.54, 1.807) is 24.3 Å². The molecule has 0 radical (unpaired) electrons. The molecule has 1 aromatic heterocycles. The van der Waals surface area contributed by atoms with E-state index in [-0.39, 0.29) is 18.9 Å². The zero-order valence-corrected chi connectivity index (χ0v) is 14.0. The number of carboxylic acids is 1. The molecule has 3 aromatic rings. The number of hydrogen-bond acceptors (Lipinski definition) is 2. The minimum Gasteiger partial charge on any atom is -0.480 e. The molecule has 1 amide bonds. The number of halogens is 1. The molecule has 126 valence electrons. The van der Waals surface area contributed by atoms with E-state index >= 15 is 0 Å². The zero-order valence-electron chi connectivity index (χ0n) is 13.2. The van der Waals surface area contributed by atoms with Crippen molar-refractivity contribution in [3.8, 4) is 0 Å². The maximum absolute atomic E-state index is 12.9. The lowest BCUT2D eigenvalue weighted by molar-refractivity contribution is -0.142. The molecule has 0 spiro atoms. The topological polar surface area (TPSA) is 73.4 Å². The van der Waals surface area contributed by atoms with Gasteiger partial charge in [0.25, 0.3) is 5.91 Å². The molecule has 4 rings (SSSR count). The van der Waals surface area contributed by atoms with Crippen LogP contribution >= 0.6 is 11.6 Å². The summed E-state index contributed by atoms with van der Waals surface area (Å²) < 4.78 is 0. The Morgan fingerprint density at radius 3 is 2.72 bits per heavy atom. The number of aromatic nitrogens is 1. The van der Waals surface area contributed by atoms with E-state index in [9.17, 15) is 14.7 Å². The van der Waals surface area contributed by atoms with E-state index in [1.165, 1.54) is 4.90 Å². The maximum atomic E-state index is 12.9. The largest absolute Gasteiger partial charge is 0.480 e. The van der Waals surface area contributed by atoms with E-state index in [0.717, 1.165) is 22.2 Å². The fourth-order valence-electron chi connectivity index (χ4n) is 3.43. The molecular weight excluding hydrogens is 340 g/mol. The number of aliphatic carboxylic acids is 1. The summed E-state index contributed by atoms with van der Waals surface area (Å²) >= 11 is 5.97. The van der Waals surface area contributed by atoms with Crippen LogP contribution in [0.15, 0.2) is 48.5 Å². The van der Waals surface area contributed by atoms with Gasteiger partial charge in [-0.05, 0) is 29.8 Å². The van der Waals surface area contributed by atoms with Gasteiger partial charge in [-0.2, -0.15) is 0 Å². The van der Waals surface area contributed by atoms with Crippen LogP contribution in [0.5, 0.6) is 0 Å². The molecule has 1 aliphatic heterocycles. The number of amides is 1. The van der Waals surface area contributed by atoms with Crippen molar-refractivity contribution in [2.24, 2.45) is 0 Å². The highest BCUT2D eigenvalue weighted by Crippen LogP contribution is 2.31. The summed E-state index contributed by atoms with van der Waals surface area (Å²) in [6.07, 6.45) is 0.279. The second kappa shape index (κ2) is 5.93. The summed E-state index contributed by atoms with van der Waals surface area (Å²) in [7, 11) is 0. The molecule has 1 aliphatic rings. The molecule has 25 heavy (non-hydrogen) atoms. The first-order chi connectivity index (χ1) is 12.0. The first kappa shape index (κ1) is 15.7. The second-order valence-corrected chi connectivity index (χ2v) is 6.57. The Labute approximate surface area is 148 Å². The monoisotopic (exact) mass is 354 g/mol. The van der Waals surface area contributed by atoms with Crippen LogP contribution in [-0.4, -0.2) is 32.9 Å². The predicted octanol–water partition coefficient (Wildman–Crippen LogP) is 3.47. The van der Waals surface area contributed by atoms with Crippen molar-refractivity contribution in [3.63, 3.8) is 0 Å². The number of H-pyrrole nitrogens is 1. The van der Waals surface area contributed by atoms with Crippen LogP contribution in [0.1, 0.15) is 21.6 Å². The van der Waals surface area contributed by atoms with Crippen LogP contribution < -0.4 is 0 Å². The lowest BCUT2D eigenvalue weighted by Crippen LogP contribution is -2.48.